The minimum Gasteiger partial charge on any atom is -0.469 e. The van der Waals surface area contributed by atoms with Crippen molar-refractivity contribution >= 4 is 28.7 Å². The number of aryl methyl sites for hydroxylation is 1. The number of rotatable bonds is 11. The molecule has 2 heterocycles. The van der Waals surface area contributed by atoms with Gasteiger partial charge < -0.3 is 30.5 Å². The molecule has 1 aromatic heterocycles. The molecule has 36 heavy (non-hydrogen) atoms. The Kier molecular flexibility index (Phi) is 10.2. The van der Waals surface area contributed by atoms with Crippen molar-refractivity contribution in [3.63, 3.8) is 0 Å². The summed E-state index contributed by atoms with van der Waals surface area (Å²) >= 11 is 0.743. The smallest absolute Gasteiger partial charge is 0.410 e. The van der Waals surface area contributed by atoms with Gasteiger partial charge in [0.05, 0.1) is 11.7 Å². The fourth-order valence-corrected chi connectivity index (χ4v) is 4.52. The first-order chi connectivity index (χ1) is 17.2. The minimum atomic E-state index is -1.18. The molecule has 3 amide bonds. The van der Waals surface area contributed by atoms with Crippen molar-refractivity contribution in [3.05, 3.63) is 34.9 Å². The van der Waals surface area contributed by atoms with Gasteiger partial charge in [-0.25, -0.2) is 18.4 Å². The van der Waals surface area contributed by atoms with Crippen LogP contribution in [0.4, 0.5) is 23.4 Å². The van der Waals surface area contributed by atoms with Gasteiger partial charge in [0.1, 0.15) is 18.2 Å². The second kappa shape index (κ2) is 13.3. The van der Waals surface area contributed by atoms with Crippen LogP contribution in [0.5, 0.6) is 11.6 Å². The SMILES string of the molecule is Cc1cc(F)c(COc2nsc(NC(=O)NCCCC(O)CN3CCCCC3)c2OC(N)=O)c(F)c1. The highest BCUT2D eigenvalue weighted by Crippen LogP contribution is 2.39. The molecule has 1 aliphatic rings. The van der Waals surface area contributed by atoms with E-state index in [0.717, 1.165) is 49.6 Å². The van der Waals surface area contributed by atoms with E-state index in [2.05, 4.69) is 19.9 Å². The lowest BCUT2D eigenvalue weighted by Crippen LogP contribution is -2.37. The van der Waals surface area contributed by atoms with E-state index in [1.807, 2.05) is 0 Å². The number of amides is 3. The number of piperidine rings is 1. The molecule has 0 aliphatic carbocycles. The molecule has 1 saturated heterocycles. The molecule has 0 spiro atoms. The minimum absolute atomic E-state index is 0.0243. The third-order valence-electron chi connectivity index (χ3n) is 5.61. The standard InChI is InChI=1S/C23H31F2N5O5S/c1-14-10-17(24)16(18(25)11-14)13-34-20-19(35-22(26)32)21(36-29-20)28-23(33)27-7-5-6-15(31)12-30-8-3-2-4-9-30/h10-11,15,31H,2-9,12-13H2,1H3,(H2,26,32)(H2,27,28,33). The zero-order valence-corrected chi connectivity index (χ0v) is 20.8. The zero-order valence-electron chi connectivity index (χ0n) is 20.0. The van der Waals surface area contributed by atoms with Crippen LogP contribution in [0, 0.1) is 18.6 Å². The number of hydrogen-bond donors (Lipinski definition) is 4. The van der Waals surface area contributed by atoms with Crippen LogP contribution < -0.4 is 25.8 Å². The lowest BCUT2D eigenvalue weighted by atomic mass is 10.1. The van der Waals surface area contributed by atoms with Gasteiger partial charge in [0.2, 0.25) is 5.75 Å². The summed E-state index contributed by atoms with van der Waals surface area (Å²) in [6.07, 6.45) is 3.00. The van der Waals surface area contributed by atoms with Gasteiger partial charge in [0.15, 0.2) is 5.00 Å². The van der Waals surface area contributed by atoms with Crippen LogP contribution in [0.25, 0.3) is 0 Å². The first-order valence-electron chi connectivity index (χ1n) is 11.7. The van der Waals surface area contributed by atoms with Crippen LogP contribution in [0.15, 0.2) is 12.1 Å². The summed E-state index contributed by atoms with van der Waals surface area (Å²) in [5.41, 5.74) is 5.19. The summed E-state index contributed by atoms with van der Waals surface area (Å²) in [5.74, 6) is -2.11. The van der Waals surface area contributed by atoms with E-state index < -0.39 is 36.5 Å². The first-order valence-corrected chi connectivity index (χ1v) is 12.5. The highest BCUT2D eigenvalue weighted by atomic mass is 32.1. The van der Waals surface area contributed by atoms with Gasteiger partial charge in [-0.2, -0.15) is 0 Å². The first kappa shape index (κ1) is 27.6. The molecule has 0 saturated carbocycles. The Labute approximate surface area is 211 Å². The molecule has 0 radical (unpaired) electrons. The number of primary amides is 1. The van der Waals surface area contributed by atoms with Crippen molar-refractivity contribution in [1.29, 1.82) is 0 Å². The molecular formula is C23H31F2N5O5S. The predicted molar refractivity (Wildman–Crippen MR) is 130 cm³/mol. The quantitative estimate of drug-likeness (QED) is 0.328. The lowest BCUT2D eigenvalue weighted by Gasteiger charge is -2.28. The molecule has 13 heteroatoms. The van der Waals surface area contributed by atoms with Crippen molar-refractivity contribution in [2.24, 2.45) is 5.73 Å². The number of aliphatic hydroxyl groups is 1. The maximum atomic E-state index is 14.1. The Morgan fingerprint density at radius 3 is 2.61 bits per heavy atom. The van der Waals surface area contributed by atoms with E-state index in [1.54, 1.807) is 6.92 Å². The third kappa shape index (κ3) is 8.28. The normalized spacial score (nSPS) is 14.8. The highest BCUT2D eigenvalue weighted by molar-refractivity contribution is 7.11. The summed E-state index contributed by atoms with van der Waals surface area (Å²) in [4.78, 5) is 25.9. The van der Waals surface area contributed by atoms with E-state index in [-0.39, 0.29) is 22.2 Å². The number of aliphatic hydroxyl groups excluding tert-OH is 1. The average Bonchev–Trinajstić information content (AvgIpc) is 3.17. The molecule has 1 atom stereocenters. The Morgan fingerprint density at radius 2 is 1.94 bits per heavy atom. The van der Waals surface area contributed by atoms with Crippen LogP contribution in [-0.2, 0) is 6.61 Å². The number of anilines is 1. The Bertz CT molecular complexity index is 1020. The van der Waals surface area contributed by atoms with Gasteiger partial charge in [-0.15, -0.1) is 4.37 Å². The second-order valence-corrected chi connectivity index (χ2v) is 9.37. The molecule has 0 bridgehead atoms. The van der Waals surface area contributed by atoms with E-state index >= 15 is 0 Å². The van der Waals surface area contributed by atoms with Crippen LogP contribution in [0.3, 0.4) is 0 Å². The van der Waals surface area contributed by atoms with E-state index in [1.165, 1.54) is 6.42 Å². The Morgan fingerprint density at radius 1 is 1.25 bits per heavy atom. The number of nitrogens with one attached hydrogen (secondary N) is 2. The van der Waals surface area contributed by atoms with E-state index in [0.29, 0.717) is 31.5 Å². The lowest BCUT2D eigenvalue weighted by molar-refractivity contribution is 0.0934. The fourth-order valence-electron chi connectivity index (χ4n) is 3.86. The van der Waals surface area contributed by atoms with E-state index in [9.17, 15) is 23.5 Å². The largest absolute Gasteiger partial charge is 0.469 e. The van der Waals surface area contributed by atoms with Crippen molar-refractivity contribution in [3.8, 4) is 11.6 Å². The number of carbonyl (C=O) groups excluding carboxylic acids is 2. The molecule has 5 N–H and O–H groups in total. The van der Waals surface area contributed by atoms with Crippen LogP contribution in [0.2, 0.25) is 0 Å². The fraction of sp³-hybridized carbons (Fsp3) is 0.522. The van der Waals surface area contributed by atoms with Gasteiger partial charge >= 0.3 is 12.1 Å². The monoisotopic (exact) mass is 527 g/mol. The maximum Gasteiger partial charge on any atom is 0.410 e. The number of nitrogens with two attached hydrogens (primary N) is 1. The molecule has 1 aromatic carbocycles. The number of urea groups is 1. The average molecular weight is 528 g/mol. The number of aromatic nitrogens is 1. The number of carbonyl (C=O) groups is 2. The molecule has 2 aromatic rings. The number of halogens is 2. The molecule has 1 aliphatic heterocycles. The number of nitrogens with zero attached hydrogens (tertiary/aromatic N) is 2. The predicted octanol–water partition coefficient (Wildman–Crippen LogP) is 3.51. The van der Waals surface area contributed by atoms with Crippen molar-refractivity contribution in [2.75, 3.05) is 31.5 Å². The molecule has 10 nitrogen and oxygen atoms in total. The molecule has 198 valence electrons. The Balaban J connectivity index is 1.50. The number of β-amino-alcohol motifs (C(OH)–C–C–N with tert-alkyl or cyclic N) is 1. The van der Waals surface area contributed by atoms with Gasteiger partial charge in [0.25, 0.3) is 5.88 Å². The summed E-state index contributed by atoms with van der Waals surface area (Å²) in [6, 6.07) is 1.72. The number of hydrogen-bond acceptors (Lipinski definition) is 8. The van der Waals surface area contributed by atoms with E-state index in [4.69, 9.17) is 15.2 Å². The second-order valence-electron chi connectivity index (χ2n) is 8.60. The highest BCUT2D eigenvalue weighted by Gasteiger charge is 2.22. The topological polar surface area (TPSA) is 139 Å². The zero-order chi connectivity index (χ0) is 26.1. The molecule has 1 unspecified atom stereocenters. The molecule has 3 rings (SSSR count). The summed E-state index contributed by atoms with van der Waals surface area (Å²) in [5, 5.41) is 15.4. The summed E-state index contributed by atoms with van der Waals surface area (Å²) in [7, 11) is 0. The van der Waals surface area contributed by atoms with Crippen LogP contribution >= 0.6 is 11.5 Å². The van der Waals surface area contributed by atoms with Crippen molar-refractivity contribution in [1.82, 2.24) is 14.6 Å². The Hall–Kier alpha value is -3.03. The van der Waals surface area contributed by atoms with Crippen molar-refractivity contribution in [2.45, 2.75) is 51.7 Å². The van der Waals surface area contributed by atoms with Gasteiger partial charge in [-0.05, 0) is 74.9 Å². The van der Waals surface area contributed by atoms with Gasteiger partial charge in [-0.3, -0.25) is 5.32 Å². The maximum absolute atomic E-state index is 14.1. The van der Waals surface area contributed by atoms with Gasteiger partial charge in [-0.1, -0.05) is 6.42 Å². The number of likely N-dealkylation sites (tertiary alicyclic amines) is 1. The van der Waals surface area contributed by atoms with Crippen molar-refractivity contribution < 1.29 is 33.0 Å². The molecular weight excluding hydrogens is 496 g/mol. The van der Waals surface area contributed by atoms with Gasteiger partial charge in [0, 0.05) is 13.1 Å². The van der Waals surface area contributed by atoms with Crippen LogP contribution in [0.1, 0.15) is 43.2 Å². The summed E-state index contributed by atoms with van der Waals surface area (Å²) in [6.45, 7) is 3.97. The third-order valence-corrected chi connectivity index (χ3v) is 6.33. The summed E-state index contributed by atoms with van der Waals surface area (Å²) < 4.78 is 42.4. The van der Waals surface area contributed by atoms with Crippen LogP contribution in [-0.4, -0.2) is 58.8 Å². The number of benzene rings is 1. The molecule has 1 fully saturated rings. The number of ether oxygens (including phenoxy) is 2.